The molecule has 0 aromatic carbocycles. The quantitative estimate of drug-likeness (QED) is 0.870. The summed E-state index contributed by atoms with van der Waals surface area (Å²) >= 11 is 0. The van der Waals surface area contributed by atoms with Crippen molar-refractivity contribution in [1.82, 2.24) is 4.98 Å². The highest BCUT2D eigenvalue weighted by atomic mass is 16.3. The Morgan fingerprint density at radius 2 is 2.18 bits per heavy atom. The number of pyridine rings is 1. The fourth-order valence-corrected chi connectivity index (χ4v) is 2.67. The molecule has 3 nitrogen and oxygen atoms in total. The maximum Gasteiger partial charge on any atom is 0.129 e. The summed E-state index contributed by atoms with van der Waals surface area (Å²) in [4.78, 5) is 6.83. The van der Waals surface area contributed by atoms with E-state index in [1.807, 2.05) is 12.1 Å². The van der Waals surface area contributed by atoms with Crippen LogP contribution >= 0.6 is 0 Å². The van der Waals surface area contributed by atoms with Crippen molar-refractivity contribution in [2.24, 2.45) is 0 Å². The van der Waals surface area contributed by atoms with Crippen molar-refractivity contribution >= 4 is 5.82 Å². The van der Waals surface area contributed by atoms with Crippen molar-refractivity contribution < 1.29 is 5.11 Å². The first kappa shape index (κ1) is 12.4. The van der Waals surface area contributed by atoms with E-state index in [9.17, 15) is 5.11 Å². The lowest BCUT2D eigenvalue weighted by molar-refractivity contribution is 0.199. The fourth-order valence-electron chi connectivity index (χ4n) is 2.67. The molecular formula is C14H22N2O. The third-order valence-corrected chi connectivity index (χ3v) is 3.65. The molecule has 94 valence electrons. The van der Waals surface area contributed by atoms with Crippen molar-refractivity contribution in [1.29, 1.82) is 0 Å². The minimum atomic E-state index is -0.418. The average molecular weight is 234 g/mol. The molecule has 3 heteroatoms. The van der Waals surface area contributed by atoms with Crippen molar-refractivity contribution in [2.45, 2.75) is 51.7 Å². The minimum absolute atomic E-state index is 0.418. The topological polar surface area (TPSA) is 36.4 Å². The van der Waals surface area contributed by atoms with Gasteiger partial charge in [0.05, 0.1) is 6.10 Å². The SMILES string of the molecule is CCN(c1cc(C(C)O)ccn1)C1CCCC1. The normalized spacial score (nSPS) is 18.3. The Morgan fingerprint density at radius 3 is 2.76 bits per heavy atom. The van der Waals surface area contributed by atoms with Crippen LogP contribution < -0.4 is 4.90 Å². The van der Waals surface area contributed by atoms with Gasteiger partial charge in [0.1, 0.15) is 5.82 Å². The van der Waals surface area contributed by atoms with Gasteiger partial charge < -0.3 is 10.0 Å². The van der Waals surface area contributed by atoms with Gasteiger partial charge in [-0.15, -0.1) is 0 Å². The number of aliphatic hydroxyl groups is 1. The van der Waals surface area contributed by atoms with Crippen LogP contribution in [0.25, 0.3) is 0 Å². The molecule has 0 amide bonds. The van der Waals surface area contributed by atoms with Crippen LogP contribution in [0.3, 0.4) is 0 Å². The van der Waals surface area contributed by atoms with Gasteiger partial charge in [0.15, 0.2) is 0 Å². The van der Waals surface area contributed by atoms with Gasteiger partial charge in [-0.3, -0.25) is 0 Å². The zero-order valence-corrected chi connectivity index (χ0v) is 10.8. The summed E-state index contributed by atoms with van der Waals surface area (Å²) in [6.07, 6.45) is 6.59. The van der Waals surface area contributed by atoms with Crippen LogP contribution in [-0.4, -0.2) is 22.7 Å². The maximum atomic E-state index is 9.62. The summed E-state index contributed by atoms with van der Waals surface area (Å²) in [5, 5.41) is 9.62. The maximum absolute atomic E-state index is 9.62. The summed E-state index contributed by atoms with van der Waals surface area (Å²) in [5.74, 6) is 1.01. The summed E-state index contributed by atoms with van der Waals surface area (Å²) in [5.41, 5.74) is 0.950. The van der Waals surface area contributed by atoms with Crippen molar-refractivity contribution in [3.05, 3.63) is 23.9 Å². The average Bonchev–Trinajstić information content (AvgIpc) is 2.84. The Labute approximate surface area is 103 Å². The van der Waals surface area contributed by atoms with Gasteiger partial charge in [0, 0.05) is 18.8 Å². The second-order valence-corrected chi connectivity index (χ2v) is 4.85. The molecule has 1 N–H and O–H groups in total. The van der Waals surface area contributed by atoms with E-state index in [2.05, 4.69) is 16.8 Å². The lowest BCUT2D eigenvalue weighted by Crippen LogP contribution is -2.33. The zero-order valence-electron chi connectivity index (χ0n) is 10.8. The molecule has 17 heavy (non-hydrogen) atoms. The Balaban J connectivity index is 2.20. The van der Waals surface area contributed by atoms with Crippen LogP contribution in [0.5, 0.6) is 0 Å². The number of aromatic nitrogens is 1. The summed E-state index contributed by atoms with van der Waals surface area (Å²) < 4.78 is 0. The monoisotopic (exact) mass is 234 g/mol. The van der Waals surface area contributed by atoms with Crippen LogP contribution in [0.1, 0.15) is 51.2 Å². The molecule has 0 bridgehead atoms. The molecule has 1 aliphatic carbocycles. The molecule has 0 radical (unpaired) electrons. The number of anilines is 1. The van der Waals surface area contributed by atoms with Crippen molar-refractivity contribution in [2.75, 3.05) is 11.4 Å². The lowest BCUT2D eigenvalue weighted by atomic mass is 10.1. The number of aliphatic hydroxyl groups excluding tert-OH is 1. The predicted molar refractivity (Wildman–Crippen MR) is 70.1 cm³/mol. The van der Waals surface area contributed by atoms with Gasteiger partial charge in [-0.1, -0.05) is 12.8 Å². The summed E-state index contributed by atoms with van der Waals surface area (Å²) in [6.45, 7) is 4.96. The van der Waals surface area contributed by atoms with Crippen LogP contribution in [0.4, 0.5) is 5.82 Å². The van der Waals surface area contributed by atoms with E-state index < -0.39 is 6.10 Å². The smallest absolute Gasteiger partial charge is 0.129 e. The van der Waals surface area contributed by atoms with E-state index in [-0.39, 0.29) is 0 Å². The fraction of sp³-hybridized carbons (Fsp3) is 0.643. The molecule has 0 aliphatic heterocycles. The van der Waals surface area contributed by atoms with Crippen LogP contribution in [0.15, 0.2) is 18.3 Å². The Kier molecular flexibility index (Phi) is 4.00. The number of rotatable bonds is 4. The molecular weight excluding hydrogens is 212 g/mol. The van der Waals surface area contributed by atoms with Gasteiger partial charge in [-0.25, -0.2) is 4.98 Å². The predicted octanol–water partition coefficient (Wildman–Crippen LogP) is 2.90. The zero-order chi connectivity index (χ0) is 12.3. The molecule has 1 aliphatic rings. The Morgan fingerprint density at radius 1 is 1.47 bits per heavy atom. The van der Waals surface area contributed by atoms with E-state index in [1.54, 1.807) is 13.1 Å². The largest absolute Gasteiger partial charge is 0.389 e. The first-order valence-corrected chi connectivity index (χ1v) is 6.63. The van der Waals surface area contributed by atoms with Crippen LogP contribution in [0.2, 0.25) is 0 Å². The van der Waals surface area contributed by atoms with Crippen LogP contribution in [0, 0.1) is 0 Å². The molecule has 1 unspecified atom stereocenters. The van der Waals surface area contributed by atoms with E-state index in [1.165, 1.54) is 25.7 Å². The molecule has 1 aromatic rings. The van der Waals surface area contributed by atoms with Crippen LogP contribution in [-0.2, 0) is 0 Å². The molecule has 0 spiro atoms. The van der Waals surface area contributed by atoms with Gasteiger partial charge in [-0.2, -0.15) is 0 Å². The van der Waals surface area contributed by atoms with E-state index in [4.69, 9.17) is 0 Å². The number of nitrogens with zero attached hydrogens (tertiary/aromatic N) is 2. The number of hydrogen-bond donors (Lipinski definition) is 1. The highest BCUT2D eigenvalue weighted by Gasteiger charge is 2.22. The molecule has 1 saturated carbocycles. The number of hydrogen-bond acceptors (Lipinski definition) is 3. The lowest BCUT2D eigenvalue weighted by Gasteiger charge is -2.29. The first-order valence-electron chi connectivity index (χ1n) is 6.63. The third kappa shape index (κ3) is 2.78. The second kappa shape index (κ2) is 5.50. The molecule has 2 rings (SSSR count). The Bertz CT molecular complexity index is 359. The van der Waals surface area contributed by atoms with Gasteiger partial charge in [-0.05, 0) is 44.4 Å². The van der Waals surface area contributed by atoms with Crippen molar-refractivity contribution in [3.63, 3.8) is 0 Å². The molecule has 1 heterocycles. The summed E-state index contributed by atoms with van der Waals surface area (Å²) in [7, 11) is 0. The van der Waals surface area contributed by atoms with Gasteiger partial charge in [0.2, 0.25) is 0 Å². The third-order valence-electron chi connectivity index (χ3n) is 3.65. The molecule has 1 aromatic heterocycles. The molecule has 1 fully saturated rings. The standard InChI is InChI=1S/C14H22N2O/c1-3-16(13-6-4-5-7-13)14-10-12(11(2)17)8-9-15-14/h8-11,13,17H,3-7H2,1-2H3. The summed E-state index contributed by atoms with van der Waals surface area (Å²) in [6, 6.07) is 4.54. The highest BCUT2D eigenvalue weighted by Crippen LogP contribution is 2.28. The van der Waals surface area contributed by atoms with E-state index >= 15 is 0 Å². The highest BCUT2D eigenvalue weighted by molar-refractivity contribution is 5.42. The van der Waals surface area contributed by atoms with Crippen molar-refractivity contribution in [3.8, 4) is 0 Å². The Hall–Kier alpha value is -1.09. The van der Waals surface area contributed by atoms with E-state index in [0.29, 0.717) is 6.04 Å². The second-order valence-electron chi connectivity index (χ2n) is 4.85. The first-order chi connectivity index (χ1) is 8.22. The minimum Gasteiger partial charge on any atom is -0.389 e. The van der Waals surface area contributed by atoms with Gasteiger partial charge >= 0.3 is 0 Å². The van der Waals surface area contributed by atoms with E-state index in [0.717, 1.165) is 17.9 Å². The molecule has 1 atom stereocenters. The molecule has 0 saturated heterocycles. The van der Waals surface area contributed by atoms with Gasteiger partial charge in [0.25, 0.3) is 0 Å².